The predicted octanol–water partition coefficient (Wildman–Crippen LogP) is 3.83. The molecule has 2 aromatic rings. The molecule has 0 aromatic heterocycles. The first-order valence-electron chi connectivity index (χ1n) is 8.85. The van der Waals surface area contributed by atoms with Crippen LogP contribution in [-0.2, 0) is 13.0 Å². The molecule has 1 saturated heterocycles. The molecule has 2 nitrogen and oxygen atoms in total. The van der Waals surface area contributed by atoms with Crippen molar-refractivity contribution in [2.75, 3.05) is 26.2 Å². The normalized spacial score (nSPS) is 19.8. The summed E-state index contributed by atoms with van der Waals surface area (Å²) in [7, 11) is 0. The van der Waals surface area contributed by atoms with Crippen molar-refractivity contribution in [2.24, 2.45) is 0 Å². The lowest BCUT2D eigenvalue weighted by Gasteiger charge is -2.40. The van der Waals surface area contributed by atoms with Gasteiger partial charge >= 0.3 is 0 Å². The molecule has 1 heterocycles. The van der Waals surface area contributed by atoms with Crippen molar-refractivity contribution < 1.29 is 0 Å². The maximum absolute atomic E-state index is 2.66. The molecule has 1 unspecified atom stereocenters. The van der Waals surface area contributed by atoms with Crippen LogP contribution in [-0.4, -0.2) is 42.0 Å². The van der Waals surface area contributed by atoms with Gasteiger partial charge in [-0.1, -0.05) is 60.7 Å². The van der Waals surface area contributed by atoms with E-state index in [1.54, 1.807) is 0 Å². The molecule has 0 N–H and O–H groups in total. The van der Waals surface area contributed by atoms with Crippen LogP contribution in [0, 0.1) is 0 Å². The van der Waals surface area contributed by atoms with Crippen molar-refractivity contribution in [1.29, 1.82) is 0 Å². The Bertz CT molecular complexity index is 567. The summed E-state index contributed by atoms with van der Waals surface area (Å²) in [6.45, 7) is 8.24. The van der Waals surface area contributed by atoms with Crippen molar-refractivity contribution in [3.63, 3.8) is 0 Å². The van der Waals surface area contributed by atoms with Gasteiger partial charge in [0, 0.05) is 32.2 Å². The molecule has 2 heteroatoms. The van der Waals surface area contributed by atoms with Crippen LogP contribution in [0.3, 0.4) is 0 Å². The SMILES string of the molecule is CC1CN(Cc2ccccc2)CCN1CCCc1ccccc1. The molecular weight excluding hydrogens is 280 g/mol. The van der Waals surface area contributed by atoms with Crippen molar-refractivity contribution in [2.45, 2.75) is 32.4 Å². The average molecular weight is 308 g/mol. The molecule has 1 aliphatic heterocycles. The standard InChI is InChI=1S/C21H28N2/c1-19-17-22(18-21-11-6-3-7-12-21)15-16-23(19)14-8-13-20-9-4-2-5-10-20/h2-7,9-12,19H,8,13-18H2,1H3. The molecule has 0 radical (unpaired) electrons. The number of aryl methyl sites for hydroxylation is 1. The van der Waals surface area contributed by atoms with E-state index in [9.17, 15) is 0 Å². The first-order chi connectivity index (χ1) is 11.3. The minimum absolute atomic E-state index is 0.656. The summed E-state index contributed by atoms with van der Waals surface area (Å²) in [5.74, 6) is 0. The largest absolute Gasteiger partial charge is 0.298 e. The third-order valence-electron chi connectivity index (χ3n) is 4.85. The molecule has 0 aliphatic carbocycles. The zero-order valence-corrected chi connectivity index (χ0v) is 14.2. The highest BCUT2D eigenvalue weighted by molar-refractivity contribution is 5.15. The monoisotopic (exact) mass is 308 g/mol. The van der Waals surface area contributed by atoms with E-state index >= 15 is 0 Å². The summed E-state index contributed by atoms with van der Waals surface area (Å²) >= 11 is 0. The van der Waals surface area contributed by atoms with E-state index in [-0.39, 0.29) is 0 Å². The van der Waals surface area contributed by atoms with E-state index < -0.39 is 0 Å². The maximum Gasteiger partial charge on any atom is 0.0234 e. The summed E-state index contributed by atoms with van der Waals surface area (Å²) in [4.78, 5) is 5.25. The zero-order valence-electron chi connectivity index (χ0n) is 14.2. The fourth-order valence-electron chi connectivity index (χ4n) is 3.52. The Morgan fingerprint density at radius 2 is 1.52 bits per heavy atom. The molecule has 2 aromatic carbocycles. The van der Waals surface area contributed by atoms with E-state index in [0.717, 1.165) is 6.54 Å². The van der Waals surface area contributed by atoms with Crippen LogP contribution < -0.4 is 0 Å². The molecule has 0 bridgehead atoms. The maximum atomic E-state index is 2.66. The van der Waals surface area contributed by atoms with E-state index in [1.165, 1.54) is 50.1 Å². The topological polar surface area (TPSA) is 6.48 Å². The number of hydrogen-bond acceptors (Lipinski definition) is 2. The van der Waals surface area contributed by atoms with Crippen LogP contribution in [0.1, 0.15) is 24.5 Å². The Hall–Kier alpha value is -1.64. The van der Waals surface area contributed by atoms with Crippen LogP contribution >= 0.6 is 0 Å². The summed E-state index contributed by atoms with van der Waals surface area (Å²) in [6, 6.07) is 22.3. The molecule has 1 fully saturated rings. The van der Waals surface area contributed by atoms with Crippen LogP contribution in [0.15, 0.2) is 60.7 Å². The van der Waals surface area contributed by atoms with Gasteiger partial charge in [0.25, 0.3) is 0 Å². The lowest BCUT2D eigenvalue weighted by Crippen LogP contribution is -2.51. The molecule has 23 heavy (non-hydrogen) atoms. The van der Waals surface area contributed by atoms with E-state index in [2.05, 4.69) is 77.4 Å². The van der Waals surface area contributed by atoms with E-state index in [4.69, 9.17) is 0 Å². The number of hydrogen-bond donors (Lipinski definition) is 0. The molecule has 0 amide bonds. The van der Waals surface area contributed by atoms with Gasteiger partial charge in [-0.15, -0.1) is 0 Å². The number of benzene rings is 2. The van der Waals surface area contributed by atoms with Crippen molar-refractivity contribution in [3.8, 4) is 0 Å². The second-order valence-corrected chi connectivity index (χ2v) is 6.69. The second kappa shape index (κ2) is 8.28. The van der Waals surface area contributed by atoms with Gasteiger partial charge in [0.15, 0.2) is 0 Å². The van der Waals surface area contributed by atoms with Crippen LogP contribution in [0.5, 0.6) is 0 Å². The molecule has 3 rings (SSSR count). The lowest BCUT2D eigenvalue weighted by atomic mass is 10.1. The fraction of sp³-hybridized carbons (Fsp3) is 0.429. The highest BCUT2D eigenvalue weighted by Gasteiger charge is 2.22. The second-order valence-electron chi connectivity index (χ2n) is 6.69. The quantitative estimate of drug-likeness (QED) is 0.800. The Kier molecular flexibility index (Phi) is 5.84. The van der Waals surface area contributed by atoms with E-state index in [0.29, 0.717) is 6.04 Å². The van der Waals surface area contributed by atoms with Crippen molar-refractivity contribution in [1.82, 2.24) is 9.80 Å². The first-order valence-corrected chi connectivity index (χ1v) is 8.85. The van der Waals surface area contributed by atoms with Crippen LogP contribution in [0.4, 0.5) is 0 Å². The zero-order chi connectivity index (χ0) is 15.9. The molecule has 0 spiro atoms. The van der Waals surface area contributed by atoms with Gasteiger partial charge in [0.2, 0.25) is 0 Å². The third-order valence-corrected chi connectivity index (χ3v) is 4.85. The summed E-state index contributed by atoms with van der Waals surface area (Å²) < 4.78 is 0. The Balaban J connectivity index is 1.42. The van der Waals surface area contributed by atoms with Gasteiger partial charge < -0.3 is 0 Å². The predicted molar refractivity (Wildman–Crippen MR) is 97.5 cm³/mol. The smallest absolute Gasteiger partial charge is 0.0234 e. The van der Waals surface area contributed by atoms with Gasteiger partial charge in [-0.05, 0) is 37.4 Å². The van der Waals surface area contributed by atoms with Crippen molar-refractivity contribution in [3.05, 3.63) is 71.8 Å². The molecule has 122 valence electrons. The molecule has 1 atom stereocenters. The Morgan fingerprint density at radius 1 is 0.870 bits per heavy atom. The summed E-state index contributed by atoms with van der Waals surface area (Å²) in [5.41, 5.74) is 2.89. The third kappa shape index (κ3) is 4.92. The van der Waals surface area contributed by atoms with Crippen LogP contribution in [0.2, 0.25) is 0 Å². The summed E-state index contributed by atoms with van der Waals surface area (Å²) in [6.07, 6.45) is 2.45. The first kappa shape index (κ1) is 16.2. The van der Waals surface area contributed by atoms with Gasteiger partial charge in [0.05, 0.1) is 0 Å². The number of piperazine rings is 1. The van der Waals surface area contributed by atoms with E-state index in [1.807, 2.05) is 0 Å². The Morgan fingerprint density at radius 3 is 2.17 bits per heavy atom. The number of rotatable bonds is 6. The van der Waals surface area contributed by atoms with Gasteiger partial charge in [0.1, 0.15) is 0 Å². The average Bonchev–Trinajstić information content (AvgIpc) is 2.59. The van der Waals surface area contributed by atoms with Gasteiger partial charge in [-0.3, -0.25) is 9.80 Å². The summed E-state index contributed by atoms with van der Waals surface area (Å²) in [5, 5.41) is 0. The lowest BCUT2D eigenvalue weighted by molar-refractivity contribution is 0.0782. The van der Waals surface area contributed by atoms with Crippen molar-refractivity contribution >= 4 is 0 Å². The van der Waals surface area contributed by atoms with Crippen LogP contribution in [0.25, 0.3) is 0 Å². The minimum Gasteiger partial charge on any atom is -0.298 e. The van der Waals surface area contributed by atoms with Gasteiger partial charge in [-0.2, -0.15) is 0 Å². The van der Waals surface area contributed by atoms with Gasteiger partial charge in [-0.25, -0.2) is 0 Å². The molecular formula is C21H28N2. The molecule has 1 aliphatic rings. The fourth-order valence-corrected chi connectivity index (χ4v) is 3.52. The highest BCUT2D eigenvalue weighted by Crippen LogP contribution is 2.14. The molecule has 0 saturated carbocycles. The Labute approximate surface area is 140 Å². The highest BCUT2D eigenvalue weighted by atomic mass is 15.3. The minimum atomic E-state index is 0.656. The number of nitrogens with zero attached hydrogens (tertiary/aromatic N) is 2.